The maximum atomic E-state index is 10.9. The highest BCUT2D eigenvalue weighted by atomic mass is 16.4. The van der Waals surface area contributed by atoms with Crippen LogP contribution in [0.25, 0.3) is 0 Å². The van der Waals surface area contributed by atoms with Crippen LogP contribution in [0.4, 0.5) is 0 Å². The Balaban J connectivity index is 0.000000347. The molecule has 1 aromatic carbocycles. The molecule has 1 unspecified atom stereocenters. The topological polar surface area (TPSA) is 121 Å². The molecule has 23 heavy (non-hydrogen) atoms. The highest BCUT2D eigenvalue weighted by molar-refractivity contribution is 6.19. The first kappa shape index (κ1) is 20.0. The van der Waals surface area contributed by atoms with Crippen molar-refractivity contribution in [3.8, 4) is 5.75 Å². The van der Waals surface area contributed by atoms with Crippen LogP contribution in [0, 0.1) is 5.92 Å². The normalized spacial score (nSPS) is 15.1. The average molecular weight is 321 g/mol. The van der Waals surface area contributed by atoms with Gasteiger partial charge in [0.1, 0.15) is 5.75 Å². The molecule has 0 aromatic heterocycles. The Morgan fingerprint density at radius 1 is 1.22 bits per heavy atom. The number of benzene rings is 1. The molecule has 1 atom stereocenters. The Labute approximate surface area is 133 Å². The average Bonchev–Trinajstić information content (AvgIpc) is 2.78. The van der Waals surface area contributed by atoms with Crippen molar-refractivity contribution in [1.82, 2.24) is 5.32 Å². The fourth-order valence-electron chi connectivity index (χ4n) is 1.54. The Bertz CT molecular complexity index is 575. The fourth-order valence-corrected chi connectivity index (χ4v) is 1.54. The van der Waals surface area contributed by atoms with Crippen molar-refractivity contribution in [2.75, 3.05) is 0 Å². The number of phenolic OH excluding ortho intramolecular Hbond substituents is 1. The van der Waals surface area contributed by atoms with Gasteiger partial charge in [-0.05, 0) is 26.0 Å². The second-order valence-corrected chi connectivity index (χ2v) is 4.76. The second-order valence-electron chi connectivity index (χ2n) is 4.76. The van der Waals surface area contributed by atoms with Gasteiger partial charge in [0.25, 0.3) is 0 Å². The first-order valence-corrected chi connectivity index (χ1v) is 6.67. The smallest absolute Gasteiger partial charge is 0.368 e. The van der Waals surface area contributed by atoms with Gasteiger partial charge in [0, 0.05) is 6.42 Å². The molecule has 1 fully saturated rings. The molecule has 0 radical (unpaired) electrons. The number of para-hydroxylation sites is 1. The third kappa shape index (κ3) is 10.4. The number of imide groups is 1. The van der Waals surface area contributed by atoms with E-state index < -0.39 is 5.97 Å². The van der Waals surface area contributed by atoms with Crippen LogP contribution in [0.5, 0.6) is 5.75 Å². The lowest BCUT2D eigenvalue weighted by Crippen LogP contribution is -2.21. The van der Waals surface area contributed by atoms with E-state index in [1.54, 1.807) is 24.3 Å². The molecule has 1 aliphatic rings. The second kappa shape index (κ2) is 10.7. The van der Waals surface area contributed by atoms with Gasteiger partial charge in [-0.2, -0.15) is 0 Å². The number of amides is 2. The third-order valence-electron chi connectivity index (χ3n) is 2.40. The minimum Gasteiger partial charge on any atom is -0.508 e. The molecule has 2 rings (SSSR count). The molecular weight excluding hydrogens is 302 g/mol. The minimum atomic E-state index is -1.43. The van der Waals surface area contributed by atoms with E-state index in [2.05, 4.69) is 5.32 Å². The predicted molar refractivity (Wildman–Crippen MR) is 82.5 cm³/mol. The Hall–Kier alpha value is -2.96. The van der Waals surface area contributed by atoms with Crippen LogP contribution < -0.4 is 5.32 Å². The van der Waals surface area contributed by atoms with Gasteiger partial charge >= 0.3 is 5.97 Å². The number of hydrogen-bond donors (Lipinski definition) is 3. The van der Waals surface area contributed by atoms with Gasteiger partial charge in [-0.3, -0.25) is 19.7 Å². The number of carbonyl (C=O) groups excluding carboxylic acids is 3. The quantitative estimate of drug-likeness (QED) is 0.326. The standard InChI is InChI=1S/C8H11NO2.C6H6O.C2H2O3/c1-5(2)3-6-4-7(10)9-8(6)11;7-6-4-2-1-3-5-6;3-1-2(4)5/h3,6H,4H2,1-2H3,(H,9,10,11);1-5,7H;1H,(H,4,5). The lowest BCUT2D eigenvalue weighted by Gasteiger charge is -1.97. The van der Waals surface area contributed by atoms with E-state index >= 15 is 0 Å². The van der Waals surface area contributed by atoms with Gasteiger partial charge in [-0.25, -0.2) is 4.79 Å². The number of nitrogens with one attached hydrogen (secondary N) is 1. The van der Waals surface area contributed by atoms with Crippen molar-refractivity contribution >= 4 is 24.1 Å². The lowest BCUT2D eigenvalue weighted by molar-refractivity contribution is -0.143. The number of aromatic hydroxyl groups is 1. The van der Waals surface area contributed by atoms with Crippen molar-refractivity contribution in [3.63, 3.8) is 0 Å². The van der Waals surface area contributed by atoms with E-state index in [0.717, 1.165) is 5.57 Å². The van der Waals surface area contributed by atoms with Gasteiger partial charge in [-0.15, -0.1) is 0 Å². The van der Waals surface area contributed by atoms with E-state index in [1.807, 2.05) is 26.0 Å². The Morgan fingerprint density at radius 3 is 2.00 bits per heavy atom. The summed E-state index contributed by atoms with van der Waals surface area (Å²) in [5.41, 5.74) is 1.07. The summed E-state index contributed by atoms with van der Waals surface area (Å²) in [4.78, 5) is 39.5. The SMILES string of the molecule is CC(C)=CC1CC(=O)NC1=O.O=CC(=O)O.Oc1ccccc1. The minimum absolute atomic E-state index is 0.167. The largest absolute Gasteiger partial charge is 0.508 e. The van der Waals surface area contributed by atoms with Crippen LogP contribution in [0.3, 0.4) is 0 Å². The lowest BCUT2D eigenvalue weighted by atomic mass is 10.1. The fraction of sp³-hybridized carbons (Fsp3) is 0.250. The maximum absolute atomic E-state index is 10.9. The van der Waals surface area contributed by atoms with Crippen molar-refractivity contribution in [2.24, 2.45) is 5.92 Å². The van der Waals surface area contributed by atoms with Crippen molar-refractivity contribution in [1.29, 1.82) is 0 Å². The third-order valence-corrected chi connectivity index (χ3v) is 2.40. The monoisotopic (exact) mass is 321 g/mol. The van der Waals surface area contributed by atoms with Gasteiger partial charge in [0.15, 0.2) is 0 Å². The van der Waals surface area contributed by atoms with E-state index in [-0.39, 0.29) is 24.0 Å². The number of hydrogen-bond acceptors (Lipinski definition) is 5. The number of carboxylic acid groups (broad SMARTS) is 1. The predicted octanol–water partition coefficient (Wildman–Crippen LogP) is 1.28. The highest BCUT2D eigenvalue weighted by Gasteiger charge is 2.28. The number of phenols is 1. The number of allylic oxidation sites excluding steroid dienone is 1. The summed E-state index contributed by atoms with van der Waals surface area (Å²) < 4.78 is 0. The summed E-state index contributed by atoms with van der Waals surface area (Å²) in [6.07, 6.45) is 1.96. The molecule has 0 saturated carbocycles. The first-order chi connectivity index (χ1) is 10.8. The number of carboxylic acids is 1. The Kier molecular flexibility index (Phi) is 9.34. The maximum Gasteiger partial charge on any atom is 0.368 e. The van der Waals surface area contributed by atoms with Gasteiger partial charge < -0.3 is 10.2 Å². The van der Waals surface area contributed by atoms with Crippen LogP contribution in [-0.4, -0.2) is 34.3 Å². The summed E-state index contributed by atoms with van der Waals surface area (Å²) in [6.45, 7) is 3.83. The van der Waals surface area contributed by atoms with Crippen LogP contribution in [-0.2, 0) is 19.2 Å². The van der Waals surface area contributed by atoms with E-state index in [9.17, 15) is 9.59 Å². The molecule has 124 valence electrons. The van der Waals surface area contributed by atoms with Crippen LogP contribution in [0.15, 0.2) is 42.0 Å². The summed E-state index contributed by atoms with van der Waals surface area (Å²) in [5, 5.41) is 18.2. The van der Waals surface area contributed by atoms with Crippen LogP contribution in [0.2, 0.25) is 0 Å². The zero-order chi connectivity index (χ0) is 17.8. The van der Waals surface area contributed by atoms with Crippen molar-refractivity contribution in [3.05, 3.63) is 42.0 Å². The zero-order valence-electron chi connectivity index (χ0n) is 12.9. The van der Waals surface area contributed by atoms with Gasteiger partial charge in [-0.1, -0.05) is 29.8 Å². The van der Waals surface area contributed by atoms with Crippen LogP contribution >= 0.6 is 0 Å². The van der Waals surface area contributed by atoms with Gasteiger partial charge in [0.2, 0.25) is 18.1 Å². The van der Waals surface area contributed by atoms with Crippen LogP contribution in [0.1, 0.15) is 20.3 Å². The summed E-state index contributed by atoms with van der Waals surface area (Å²) in [7, 11) is 0. The zero-order valence-corrected chi connectivity index (χ0v) is 12.9. The molecule has 0 spiro atoms. The molecule has 1 aliphatic heterocycles. The van der Waals surface area contributed by atoms with E-state index in [1.165, 1.54) is 0 Å². The van der Waals surface area contributed by atoms with E-state index in [4.69, 9.17) is 19.8 Å². The van der Waals surface area contributed by atoms with E-state index in [0.29, 0.717) is 12.2 Å². The van der Waals surface area contributed by atoms with Gasteiger partial charge in [0.05, 0.1) is 5.92 Å². The highest BCUT2D eigenvalue weighted by Crippen LogP contribution is 2.13. The number of carbonyl (C=O) groups is 4. The van der Waals surface area contributed by atoms with Crippen molar-refractivity contribution < 1.29 is 29.4 Å². The molecule has 0 bridgehead atoms. The summed E-state index contributed by atoms with van der Waals surface area (Å²) in [5.74, 6) is -1.67. The molecule has 1 aromatic rings. The molecule has 0 aliphatic carbocycles. The molecule has 7 nitrogen and oxygen atoms in total. The molecule has 1 saturated heterocycles. The first-order valence-electron chi connectivity index (χ1n) is 6.67. The molecular formula is C16H19NO6. The molecule has 1 heterocycles. The Morgan fingerprint density at radius 2 is 1.74 bits per heavy atom. The molecule has 2 amide bonds. The molecule has 7 heteroatoms. The van der Waals surface area contributed by atoms with Crippen molar-refractivity contribution in [2.45, 2.75) is 20.3 Å². The number of aldehydes is 1. The summed E-state index contributed by atoms with van der Waals surface area (Å²) in [6, 6.07) is 8.71. The molecule has 3 N–H and O–H groups in total. The number of aliphatic carboxylic acids is 1. The number of rotatable bonds is 2. The summed E-state index contributed by atoms with van der Waals surface area (Å²) >= 11 is 0.